The number of amides is 2. The van der Waals surface area contributed by atoms with Gasteiger partial charge in [0, 0.05) is 47.0 Å². The number of hydrogen-bond acceptors (Lipinski definition) is 6. The third-order valence-electron chi connectivity index (χ3n) is 8.47. The summed E-state index contributed by atoms with van der Waals surface area (Å²) in [5, 5.41) is 6.63. The molecule has 11 heteroatoms. The molecule has 2 atom stereocenters. The lowest BCUT2D eigenvalue weighted by molar-refractivity contribution is -0.138. The maximum absolute atomic E-state index is 14.3. The average molecular weight is 765 g/mol. The molecular formula is C42H48Cl2FN3O5. The SMILES string of the molecule is COc1c(OCCCNC/C=C/c2ccccc2)cccc1[C@H]1O[C@H](CC(=O)NCc2ccccc2F)C(=O)N(CC(C)(C)C)c2ccc(Cl)cc21.Cl. The molecule has 2 amide bonds. The smallest absolute Gasteiger partial charge is 0.256 e. The molecule has 0 aromatic heterocycles. The van der Waals surface area contributed by atoms with Crippen LogP contribution in [0.25, 0.3) is 6.08 Å². The molecule has 1 heterocycles. The molecule has 1 aliphatic rings. The number of anilines is 1. The number of halogens is 3. The number of ether oxygens (including phenoxy) is 3. The Balaban J connectivity index is 0.00000627. The van der Waals surface area contributed by atoms with Gasteiger partial charge in [-0.15, -0.1) is 12.4 Å². The highest BCUT2D eigenvalue weighted by Crippen LogP contribution is 2.45. The summed E-state index contributed by atoms with van der Waals surface area (Å²) >= 11 is 6.58. The number of hydrogen-bond donors (Lipinski definition) is 2. The molecule has 0 saturated heterocycles. The van der Waals surface area contributed by atoms with Gasteiger partial charge in [-0.2, -0.15) is 0 Å². The third kappa shape index (κ3) is 11.5. The van der Waals surface area contributed by atoms with Crippen LogP contribution in [0.5, 0.6) is 11.5 Å². The first kappa shape index (κ1) is 41.3. The van der Waals surface area contributed by atoms with Crippen molar-refractivity contribution >= 4 is 47.6 Å². The summed E-state index contributed by atoms with van der Waals surface area (Å²) in [7, 11) is 1.56. The average Bonchev–Trinajstić information content (AvgIpc) is 3.22. The number of nitrogens with one attached hydrogen (secondary N) is 2. The summed E-state index contributed by atoms with van der Waals surface area (Å²) in [4.78, 5) is 29.3. The Morgan fingerprint density at radius 2 is 1.75 bits per heavy atom. The number of nitrogens with zero attached hydrogens (tertiary/aromatic N) is 1. The van der Waals surface area contributed by atoms with Crippen LogP contribution in [-0.4, -0.2) is 51.3 Å². The van der Waals surface area contributed by atoms with Gasteiger partial charge in [-0.3, -0.25) is 9.59 Å². The van der Waals surface area contributed by atoms with Gasteiger partial charge < -0.3 is 29.7 Å². The van der Waals surface area contributed by atoms with Crippen LogP contribution in [0, 0.1) is 11.2 Å². The summed E-state index contributed by atoms with van der Waals surface area (Å²) < 4.78 is 33.1. The molecule has 0 aliphatic carbocycles. The van der Waals surface area contributed by atoms with E-state index in [-0.39, 0.29) is 36.7 Å². The number of carbonyl (C=O) groups is 2. The van der Waals surface area contributed by atoms with Gasteiger partial charge in [0.1, 0.15) is 18.0 Å². The van der Waals surface area contributed by atoms with E-state index in [4.69, 9.17) is 25.8 Å². The van der Waals surface area contributed by atoms with E-state index in [9.17, 15) is 14.0 Å². The van der Waals surface area contributed by atoms with Crippen LogP contribution in [0.4, 0.5) is 10.1 Å². The summed E-state index contributed by atoms with van der Waals surface area (Å²) in [6, 6.07) is 27.3. The molecule has 0 fully saturated rings. The second-order valence-electron chi connectivity index (χ2n) is 13.9. The normalized spacial score (nSPS) is 15.7. The van der Waals surface area contributed by atoms with Crippen LogP contribution in [0.3, 0.4) is 0 Å². The zero-order chi connectivity index (χ0) is 37.1. The second kappa shape index (κ2) is 19.6. The van der Waals surface area contributed by atoms with Crippen molar-refractivity contribution in [3.05, 3.63) is 130 Å². The fraction of sp³-hybridized carbons (Fsp3) is 0.333. The third-order valence-corrected chi connectivity index (χ3v) is 8.70. The van der Waals surface area contributed by atoms with Crippen molar-refractivity contribution in [1.29, 1.82) is 0 Å². The van der Waals surface area contributed by atoms with E-state index in [0.717, 1.165) is 25.1 Å². The Hall–Kier alpha value is -4.41. The van der Waals surface area contributed by atoms with Gasteiger partial charge in [-0.05, 0) is 54.3 Å². The highest BCUT2D eigenvalue weighted by Gasteiger charge is 2.40. The summed E-state index contributed by atoms with van der Waals surface area (Å²) in [5.74, 6) is -0.253. The van der Waals surface area contributed by atoms with E-state index < -0.39 is 23.9 Å². The van der Waals surface area contributed by atoms with Crippen molar-refractivity contribution in [2.24, 2.45) is 5.41 Å². The molecule has 4 aromatic rings. The molecule has 282 valence electrons. The number of fused-ring (bicyclic) bond motifs is 1. The number of para-hydroxylation sites is 1. The molecule has 4 aromatic carbocycles. The topological polar surface area (TPSA) is 89.1 Å². The van der Waals surface area contributed by atoms with Gasteiger partial charge >= 0.3 is 0 Å². The minimum absolute atomic E-state index is 0. The first-order chi connectivity index (χ1) is 25.0. The molecule has 2 N–H and O–H groups in total. The first-order valence-corrected chi connectivity index (χ1v) is 17.9. The molecule has 5 rings (SSSR count). The fourth-order valence-corrected chi connectivity index (χ4v) is 6.24. The molecule has 1 aliphatic heterocycles. The molecule has 0 radical (unpaired) electrons. The van der Waals surface area contributed by atoms with E-state index in [0.29, 0.717) is 52.1 Å². The highest BCUT2D eigenvalue weighted by atomic mass is 35.5. The zero-order valence-electron chi connectivity index (χ0n) is 30.6. The van der Waals surface area contributed by atoms with Crippen molar-refractivity contribution in [2.45, 2.75) is 52.4 Å². The van der Waals surface area contributed by atoms with Gasteiger partial charge in [0.25, 0.3) is 5.91 Å². The number of methoxy groups -OCH3 is 1. The summed E-state index contributed by atoms with van der Waals surface area (Å²) in [5.41, 5.74) is 3.11. The van der Waals surface area contributed by atoms with Crippen LogP contribution >= 0.6 is 24.0 Å². The second-order valence-corrected chi connectivity index (χ2v) is 14.3. The monoisotopic (exact) mass is 763 g/mol. The lowest BCUT2D eigenvalue weighted by atomic mass is 9.94. The molecule has 0 saturated carbocycles. The van der Waals surface area contributed by atoms with E-state index in [1.54, 1.807) is 42.3 Å². The first-order valence-electron chi connectivity index (χ1n) is 17.5. The van der Waals surface area contributed by atoms with E-state index >= 15 is 0 Å². The predicted octanol–water partition coefficient (Wildman–Crippen LogP) is 8.56. The van der Waals surface area contributed by atoms with Gasteiger partial charge in [0.15, 0.2) is 11.5 Å². The Kier molecular flexibility index (Phi) is 15.3. The minimum Gasteiger partial charge on any atom is -0.492 e. The highest BCUT2D eigenvalue weighted by molar-refractivity contribution is 6.30. The Labute approximate surface area is 323 Å². The van der Waals surface area contributed by atoms with Crippen molar-refractivity contribution in [3.63, 3.8) is 0 Å². The van der Waals surface area contributed by atoms with E-state index in [1.807, 2.05) is 63.2 Å². The van der Waals surface area contributed by atoms with Crippen molar-refractivity contribution in [3.8, 4) is 11.5 Å². The maximum atomic E-state index is 14.3. The van der Waals surface area contributed by atoms with Crippen molar-refractivity contribution in [2.75, 3.05) is 38.3 Å². The van der Waals surface area contributed by atoms with E-state index in [2.05, 4.69) is 34.9 Å². The predicted molar refractivity (Wildman–Crippen MR) is 212 cm³/mol. The standard InChI is InChI=1S/C42H47ClFN3O5.ClH/c1-42(2,3)28-47-35-21-20-31(43)25-33(35)39(52-37(41(47)49)26-38(48)46-27-30-16-8-9-18-34(30)44)32-17-10-19-36(40(32)50-4)51-24-12-23-45-22-11-15-29-13-6-5-7-14-29;/h5-11,13-21,25,37,39,45H,12,22-24,26-28H2,1-4H3,(H,46,48);1H/b15-11+;/t37-,39-;/m1./s1. The Morgan fingerprint density at radius 1 is 1.00 bits per heavy atom. The van der Waals surface area contributed by atoms with Gasteiger partial charge in [-0.25, -0.2) is 4.39 Å². The largest absolute Gasteiger partial charge is 0.492 e. The molecule has 0 bridgehead atoms. The lowest BCUT2D eigenvalue weighted by Gasteiger charge is -2.31. The lowest BCUT2D eigenvalue weighted by Crippen LogP contribution is -2.45. The summed E-state index contributed by atoms with van der Waals surface area (Å²) in [6.45, 7) is 8.38. The quantitative estimate of drug-likeness (QED) is 0.118. The van der Waals surface area contributed by atoms with Gasteiger partial charge in [0.2, 0.25) is 5.91 Å². The molecule has 0 unspecified atom stereocenters. The number of rotatable bonds is 15. The van der Waals surface area contributed by atoms with Crippen molar-refractivity contribution in [1.82, 2.24) is 10.6 Å². The zero-order valence-corrected chi connectivity index (χ0v) is 32.1. The van der Waals surface area contributed by atoms with Crippen LogP contribution in [0.15, 0.2) is 97.1 Å². The van der Waals surface area contributed by atoms with Gasteiger partial charge in [-0.1, -0.05) is 105 Å². The van der Waals surface area contributed by atoms with Crippen LogP contribution in [0.2, 0.25) is 5.02 Å². The number of carbonyl (C=O) groups excluding carboxylic acids is 2. The Bertz CT molecular complexity index is 1850. The molecule has 53 heavy (non-hydrogen) atoms. The molecule has 0 spiro atoms. The molecule has 8 nitrogen and oxygen atoms in total. The molecular weight excluding hydrogens is 716 g/mol. The number of benzene rings is 4. The summed E-state index contributed by atoms with van der Waals surface area (Å²) in [6.07, 6.45) is 2.63. The van der Waals surface area contributed by atoms with Crippen LogP contribution in [-0.2, 0) is 20.9 Å². The van der Waals surface area contributed by atoms with Gasteiger partial charge in [0.05, 0.1) is 20.1 Å². The van der Waals surface area contributed by atoms with Crippen LogP contribution in [0.1, 0.15) is 62.0 Å². The Morgan fingerprint density at radius 3 is 2.49 bits per heavy atom. The van der Waals surface area contributed by atoms with E-state index in [1.165, 1.54) is 6.07 Å². The maximum Gasteiger partial charge on any atom is 0.256 e. The van der Waals surface area contributed by atoms with Crippen molar-refractivity contribution < 1.29 is 28.2 Å². The van der Waals surface area contributed by atoms with Crippen LogP contribution < -0.4 is 25.0 Å². The minimum atomic E-state index is -1.17. The fourth-order valence-electron chi connectivity index (χ4n) is 6.05.